The van der Waals surface area contributed by atoms with Crippen LogP contribution in [0.1, 0.15) is 43.5 Å². The standard InChI is InChI=1S/C20H32BrN5O/c1-3-12-26-13-8-18(9-14-26)25-20(22-4-2)24-11-10-23-19(27)16-6-5-7-17(21)15-16/h5-7,15,18H,3-4,8-14H2,1-2H3,(H,23,27)(H2,22,24,25). The van der Waals surface area contributed by atoms with Crippen LogP contribution in [0.5, 0.6) is 0 Å². The van der Waals surface area contributed by atoms with Gasteiger partial charge in [-0.25, -0.2) is 0 Å². The number of aliphatic imine (C=N–C) groups is 1. The highest BCUT2D eigenvalue weighted by Gasteiger charge is 2.19. The molecule has 0 saturated carbocycles. The zero-order valence-electron chi connectivity index (χ0n) is 16.4. The molecule has 27 heavy (non-hydrogen) atoms. The summed E-state index contributed by atoms with van der Waals surface area (Å²) >= 11 is 3.39. The van der Waals surface area contributed by atoms with Crippen molar-refractivity contribution in [3.63, 3.8) is 0 Å². The molecule has 3 N–H and O–H groups in total. The average molecular weight is 438 g/mol. The highest BCUT2D eigenvalue weighted by molar-refractivity contribution is 9.10. The second-order valence-corrected chi connectivity index (χ2v) is 7.70. The fourth-order valence-electron chi connectivity index (χ4n) is 3.20. The molecule has 0 atom stereocenters. The van der Waals surface area contributed by atoms with E-state index < -0.39 is 0 Å². The molecule has 0 bridgehead atoms. The van der Waals surface area contributed by atoms with Gasteiger partial charge in [-0.05, 0) is 50.9 Å². The van der Waals surface area contributed by atoms with Gasteiger partial charge in [0.1, 0.15) is 0 Å². The molecule has 2 rings (SSSR count). The molecule has 6 nitrogen and oxygen atoms in total. The molecule has 0 radical (unpaired) electrons. The van der Waals surface area contributed by atoms with E-state index in [0.29, 0.717) is 24.7 Å². The summed E-state index contributed by atoms with van der Waals surface area (Å²) in [6.07, 6.45) is 3.50. The van der Waals surface area contributed by atoms with E-state index in [1.54, 1.807) is 6.07 Å². The van der Waals surface area contributed by atoms with Gasteiger partial charge in [0, 0.05) is 42.3 Å². The quantitative estimate of drug-likeness (QED) is 0.332. The van der Waals surface area contributed by atoms with Gasteiger partial charge in [0.05, 0.1) is 6.54 Å². The zero-order valence-corrected chi connectivity index (χ0v) is 18.0. The minimum Gasteiger partial charge on any atom is -0.357 e. The molecule has 1 aliphatic rings. The number of halogens is 1. The number of carbonyl (C=O) groups is 1. The lowest BCUT2D eigenvalue weighted by Crippen LogP contribution is -2.49. The number of hydrogen-bond donors (Lipinski definition) is 3. The first kappa shape index (κ1) is 21.7. The molecule has 0 aliphatic carbocycles. The summed E-state index contributed by atoms with van der Waals surface area (Å²) in [7, 11) is 0. The van der Waals surface area contributed by atoms with Crippen molar-refractivity contribution >= 4 is 27.8 Å². The summed E-state index contributed by atoms with van der Waals surface area (Å²) in [5.74, 6) is 0.760. The van der Waals surface area contributed by atoms with Crippen LogP contribution in [-0.4, -0.2) is 62.1 Å². The van der Waals surface area contributed by atoms with E-state index in [-0.39, 0.29) is 5.91 Å². The molecule has 0 spiro atoms. The third kappa shape index (κ3) is 7.89. The molecule has 1 amide bonds. The Morgan fingerprint density at radius 3 is 2.70 bits per heavy atom. The zero-order chi connectivity index (χ0) is 19.5. The second-order valence-electron chi connectivity index (χ2n) is 6.79. The van der Waals surface area contributed by atoms with Gasteiger partial charge in [0.2, 0.25) is 0 Å². The molecule has 1 aromatic carbocycles. The molecule has 1 heterocycles. The number of nitrogens with one attached hydrogen (secondary N) is 3. The Hall–Kier alpha value is -1.60. The van der Waals surface area contributed by atoms with E-state index in [9.17, 15) is 4.79 Å². The largest absolute Gasteiger partial charge is 0.357 e. The number of piperidine rings is 1. The lowest BCUT2D eigenvalue weighted by molar-refractivity contribution is 0.0954. The Labute approximate surface area is 171 Å². The molecular formula is C20H32BrN5O. The van der Waals surface area contributed by atoms with Crippen molar-refractivity contribution in [3.8, 4) is 0 Å². The van der Waals surface area contributed by atoms with Crippen LogP contribution in [0, 0.1) is 0 Å². The predicted octanol–water partition coefficient (Wildman–Crippen LogP) is 2.61. The topological polar surface area (TPSA) is 68.8 Å². The maximum Gasteiger partial charge on any atom is 0.251 e. The smallest absolute Gasteiger partial charge is 0.251 e. The first-order valence-corrected chi connectivity index (χ1v) is 10.7. The van der Waals surface area contributed by atoms with Crippen LogP contribution in [0.4, 0.5) is 0 Å². The van der Waals surface area contributed by atoms with Crippen LogP contribution in [0.25, 0.3) is 0 Å². The van der Waals surface area contributed by atoms with Crippen molar-refractivity contribution in [2.45, 2.75) is 39.2 Å². The van der Waals surface area contributed by atoms with Crippen LogP contribution < -0.4 is 16.0 Å². The van der Waals surface area contributed by atoms with Crippen LogP contribution >= 0.6 is 15.9 Å². The Morgan fingerprint density at radius 2 is 2.04 bits per heavy atom. The number of hydrogen-bond acceptors (Lipinski definition) is 3. The van der Waals surface area contributed by atoms with Gasteiger partial charge in [0.15, 0.2) is 5.96 Å². The van der Waals surface area contributed by atoms with Crippen molar-refractivity contribution in [1.82, 2.24) is 20.9 Å². The summed E-state index contributed by atoms with van der Waals surface area (Å²) in [6.45, 7) is 9.66. The van der Waals surface area contributed by atoms with Crippen molar-refractivity contribution in [3.05, 3.63) is 34.3 Å². The fourth-order valence-corrected chi connectivity index (χ4v) is 3.60. The molecule has 0 unspecified atom stereocenters. The molecule has 1 aromatic rings. The van der Waals surface area contributed by atoms with Gasteiger partial charge in [-0.2, -0.15) is 0 Å². The van der Waals surface area contributed by atoms with Gasteiger partial charge in [-0.3, -0.25) is 9.79 Å². The monoisotopic (exact) mass is 437 g/mol. The number of likely N-dealkylation sites (tertiary alicyclic amines) is 1. The van der Waals surface area contributed by atoms with E-state index in [4.69, 9.17) is 0 Å². The third-order valence-electron chi connectivity index (χ3n) is 4.57. The molecule has 7 heteroatoms. The predicted molar refractivity (Wildman–Crippen MR) is 115 cm³/mol. The number of amides is 1. The van der Waals surface area contributed by atoms with Gasteiger partial charge in [-0.15, -0.1) is 0 Å². The van der Waals surface area contributed by atoms with E-state index in [2.05, 4.69) is 55.6 Å². The van der Waals surface area contributed by atoms with Crippen LogP contribution in [0.2, 0.25) is 0 Å². The molecule has 1 saturated heterocycles. The normalized spacial score (nSPS) is 16.2. The van der Waals surface area contributed by atoms with Gasteiger partial charge >= 0.3 is 0 Å². The Balaban J connectivity index is 1.75. The minimum atomic E-state index is -0.0762. The summed E-state index contributed by atoms with van der Waals surface area (Å²) in [5.41, 5.74) is 0.650. The van der Waals surface area contributed by atoms with E-state index in [1.165, 1.54) is 13.0 Å². The summed E-state index contributed by atoms with van der Waals surface area (Å²) < 4.78 is 0.900. The molecule has 1 fully saturated rings. The number of carbonyl (C=O) groups excluding carboxylic acids is 1. The van der Waals surface area contributed by atoms with E-state index in [0.717, 1.165) is 42.9 Å². The lowest BCUT2D eigenvalue weighted by Gasteiger charge is -2.32. The summed E-state index contributed by atoms with van der Waals surface area (Å²) in [6, 6.07) is 7.85. The first-order valence-electron chi connectivity index (χ1n) is 9.93. The van der Waals surface area contributed by atoms with Gasteiger partial charge < -0.3 is 20.9 Å². The minimum absolute atomic E-state index is 0.0762. The van der Waals surface area contributed by atoms with E-state index in [1.807, 2.05) is 18.2 Å². The number of guanidine groups is 1. The highest BCUT2D eigenvalue weighted by atomic mass is 79.9. The Bertz CT molecular complexity index is 614. The lowest BCUT2D eigenvalue weighted by atomic mass is 10.1. The van der Waals surface area contributed by atoms with Gasteiger partial charge in [-0.1, -0.05) is 28.9 Å². The van der Waals surface area contributed by atoms with Crippen LogP contribution in [-0.2, 0) is 0 Å². The summed E-state index contributed by atoms with van der Waals surface area (Å²) in [4.78, 5) is 19.3. The summed E-state index contributed by atoms with van der Waals surface area (Å²) in [5, 5.41) is 9.76. The van der Waals surface area contributed by atoms with Crippen molar-refractivity contribution < 1.29 is 4.79 Å². The maximum absolute atomic E-state index is 12.2. The average Bonchev–Trinajstić information content (AvgIpc) is 2.67. The van der Waals surface area contributed by atoms with Crippen molar-refractivity contribution in [2.75, 3.05) is 39.3 Å². The van der Waals surface area contributed by atoms with E-state index >= 15 is 0 Å². The van der Waals surface area contributed by atoms with Crippen molar-refractivity contribution in [2.24, 2.45) is 4.99 Å². The number of nitrogens with zero attached hydrogens (tertiary/aromatic N) is 2. The fraction of sp³-hybridized carbons (Fsp3) is 0.600. The molecular weight excluding hydrogens is 406 g/mol. The number of benzene rings is 1. The first-order chi connectivity index (χ1) is 13.1. The third-order valence-corrected chi connectivity index (χ3v) is 5.06. The van der Waals surface area contributed by atoms with Gasteiger partial charge in [0.25, 0.3) is 5.91 Å². The van der Waals surface area contributed by atoms with Crippen LogP contribution in [0.15, 0.2) is 33.7 Å². The van der Waals surface area contributed by atoms with Crippen molar-refractivity contribution in [1.29, 1.82) is 0 Å². The number of rotatable bonds is 8. The molecule has 0 aromatic heterocycles. The highest BCUT2D eigenvalue weighted by Crippen LogP contribution is 2.11. The maximum atomic E-state index is 12.2. The Kier molecular flexibility index (Phi) is 9.62. The van der Waals surface area contributed by atoms with Crippen LogP contribution in [0.3, 0.4) is 0 Å². The molecule has 1 aliphatic heterocycles. The second kappa shape index (κ2) is 12.0. The SMILES string of the molecule is CCCN1CCC(NC(=NCCNC(=O)c2cccc(Br)c2)NCC)CC1. The molecule has 150 valence electrons. The Morgan fingerprint density at radius 1 is 1.26 bits per heavy atom.